The Hall–Kier alpha value is -2.88. The molecule has 3 aromatic rings. The molecule has 1 heterocycles. The van der Waals surface area contributed by atoms with Crippen LogP contribution < -0.4 is 5.32 Å². The summed E-state index contributed by atoms with van der Waals surface area (Å²) in [6.45, 7) is 4.25. The van der Waals surface area contributed by atoms with Crippen molar-refractivity contribution in [3.05, 3.63) is 70.9 Å². The Kier molecular flexibility index (Phi) is 4.47. The van der Waals surface area contributed by atoms with Gasteiger partial charge in [-0.05, 0) is 30.5 Å². The van der Waals surface area contributed by atoms with E-state index in [1.54, 1.807) is 0 Å². The summed E-state index contributed by atoms with van der Waals surface area (Å²) in [6, 6.07) is 15.5. The molecule has 0 saturated heterocycles. The first-order valence-corrected chi connectivity index (χ1v) is 8.07. The molecule has 4 heteroatoms. The molecule has 0 aliphatic rings. The van der Waals surface area contributed by atoms with Crippen LogP contribution in [0.15, 0.2) is 48.5 Å². The molecule has 1 aromatic heterocycles. The minimum Gasteiger partial charge on any atom is -0.358 e. The van der Waals surface area contributed by atoms with Gasteiger partial charge >= 0.3 is 0 Å². The summed E-state index contributed by atoms with van der Waals surface area (Å²) >= 11 is 0. The lowest BCUT2D eigenvalue weighted by Gasteiger charge is -2.06. The molecule has 1 amide bonds. The first-order valence-electron chi connectivity index (χ1n) is 8.07. The molecule has 2 aromatic carbocycles. The molecule has 0 bridgehead atoms. The number of hydrogen-bond donors (Lipinski definition) is 2. The second kappa shape index (κ2) is 6.71. The van der Waals surface area contributed by atoms with Gasteiger partial charge in [-0.25, -0.2) is 0 Å². The van der Waals surface area contributed by atoms with E-state index >= 15 is 0 Å². The number of aryl methyl sites for hydroxylation is 2. The summed E-state index contributed by atoms with van der Waals surface area (Å²) in [6.07, 6.45) is 0.977. The molecule has 4 nitrogen and oxygen atoms in total. The van der Waals surface area contributed by atoms with Crippen molar-refractivity contribution in [2.75, 3.05) is 0 Å². The number of fused-ring (bicyclic) bond motifs is 1. The van der Waals surface area contributed by atoms with E-state index in [2.05, 4.69) is 17.2 Å². The number of para-hydroxylation sites is 1. The number of Topliss-reactive ketones (excluding diaryl/α,β-unsaturated/α-hetero) is 1. The predicted molar refractivity (Wildman–Crippen MR) is 95.0 cm³/mol. The van der Waals surface area contributed by atoms with Crippen molar-refractivity contribution in [3.8, 4) is 0 Å². The summed E-state index contributed by atoms with van der Waals surface area (Å²) in [5, 5.41) is 3.49. The van der Waals surface area contributed by atoms with E-state index in [-0.39, 0.29) is 0 Å². The Bertz CT molecular complexity index is 892. The van der Waals surface area contributed by atoms with Gasteiger partial charge in [-0.1, -0.05) is 49.4 Å². The van der Waals surface area contributed by atoms with Crippen molar-refractivity contribution in [2.24, 2.45) is 0 Å². The molecular weight excluding hydrogens is 300 g/mol. The first-order chi connectivity index (χ1) is 11.6. The van der Waals surface area contributed by atoms with Gasteiger partial charge in [0.15, 0.2) is 0 Å². The topological polar surface area (TPSA) is 62.0 Å². The summed E-state index contributed by atoms with van der Waals surface area (Å²) in [7, 11) is 0. The van der Waals surface area contributed by atoms with Gasteiger partial charge < -0.3 is 10.3 Å². The number of nitrogens with one attached hydrogen (secondary N) is 2. The molecule has 0 atom stereocenters. The van der Waals surface area contributed by atoms with Gasteiger partial charge in [-0.2, -0.15) is 0 Å². The Balaban J connectivity index is 1.74. The predicted octanol–water partition coefficient (Wildman–Crippen LogP) is 3.54. The van der Waals surface area contributed by atoms with Crippen LogP contribution in [0.5, 0.6) is 0 Å². The number of amides is 1. The third kappa shape index (κ3) is 3.08. The Morgan fingerprint density at radius 3 is 2.38 bits per heavy atom. The standard InChI is InChI=1S/C20H20N2O2/c1-3-14-8-10-15(11-9-14)12-21-20(24)19(23)18-13(2)22-17-7-5-4-6-16(17)18/h4-11,22H,3,12H2,1-2H3,(H,21,24). The summed E-state index contributed by atoms with van der Waals surface area (Å²) in [4.78, 5) is 27.9. The molecule has 0 unspecified atom stereocenters. The second-order valence-electron chi connectivity index (χ2n) is 5.85. The molecule has 3 rings (SSSR count). The van der Waals surface area contributed by atoms with Crippen LogP contribution in [0, 0.1) is 6.92 Å². The van der Waals surface area contributed by atoms with Gasteiger partial charge in [0.25, 0.3) is 11.7 Å². The Morgan fingerprint density at radius 2 is 1.67 bits per heavy atom. The normalized spacial score (nSPS) is 10.8. The van der Waals surface area contributed by atoms with Crippen molar-refractivity contribution >= 4 is 22.6 Å². The van der Waals surface area contributed by atoms with Gasteiger partial charge in [0.2, 0.25) is 0 Å². The molecular formula is C20H20N2O2. The van der Waals surface area contributed by atoms with Crippen molar-refractivity contribution in [2.45, 2.75) is 26.8 Å². The first kappa shape index (κ1) is 16.0. The average Bonchev–Trinajstić information content (AvgIpc) is 2.95. The van der Waals surface area contributed by atoms with E-state index < -0.39 is 11.7 Å². The number of carbonyl (C=O) groups is 2. The van der Waals surface area contributed by atoms with Crippen molar-refractivity contribution in [3.63, 3.8) is 0 Å². The third-order valence-corrected chi connectivity index (χ3v) is 4.21. The van der Waals surface area contributed by atoms with Gasteiger partial charge in [0, 0.05) is 23.1 Å². The van der Waals surface area contributed by atoms with E-state index in [1.807, 2.05) is 55.5 Å². The van der Waals surface area contributed by atoms with Crippen LogP contribution in [-0.4, -0.2) is 16.7 Å². The van der Waals surface area contributed by atoms with Crippen molar-refractivity contribution in [1.82, 2.24) is 10.3 Å². The highest BCUT2D eigenvalue weighted by Crippen LogP contribution is 2.22. The van der Waals surface area contributed by atoms with Crippen LogP contribution in [0.4, 0.5) is 0 Å². The van der Waals surface area contributed by atoms with Gasteiger partial charge in [0.1, 0.15) is 0 Å². The molecule has 0 saturated carbocycles. The molecule has 2 N–H and O–H groups in total. The highest BCUT2D eigenvalue weighted by atomic mass is 16.2. The summed E-state index contributed by atoms with van der Waals surface area (Å²) < 4.78 is 0. The zero-order chi connectivity index (χ0) is 17.1. The van der Waals surface area contributed by atoms with E-state index in [1.165, 1.54) is 5.56 Å². The SMILES string of the molecule is CCc1ccc(CNC(=O)C(=O)c2c(C)[nH]c3ccccc23)cc1. The number of aromatic nitrogens is 1. The summed E-state index contributed by atoms with van der Waals surface area (Å²) in [5.74, 6) is -1.09. The lowest BCUT2D eigenvalue weighted by Crippen LogP contribution is -2.30. The number of benzene rings is 2. The quantitative estimate of drug-likeness (QED) is 0.558. The third-order valence-electron chi connectivity index (χ3n) is 4.21. The van der Waals surface area contributed by atoms with Gasteiger partial charge in [0.05, 0.1) is 5.56 Å². The van der Waals surface area contributed by atoms with Crippen LogP contribution >= 0.6 is 0 Å². The highest BCUT2D eigenvalue weighted by Gasteiger charge is 2.22. The largest absolute Gasteiger partial charge is 0.358 e. The monoisotopic (exact) mass is 320 g/mol. The number of carbonyl (C=O) groups excluding carboxylic acids is 2. The molecule has 0 spiro atoms. The molecule has 122 valence electrons. The number of H-pyrrole nitrogens is 1. The van der Waals surface area contributed by atoms with E-state index in [4.69, 9.17) is 0 Å². The maximum atomic E-state index is 12.5. The number of aromatic amines is 1. The fourth-order valence-electron chi connectivity index (χ4n) is 2.84. The summed E-state index contributed by atoms with van der Waals surface area (Å²) in [5.41, 5.74) is 4.24. The smallest absolute Gasteiger partial charge is 0.292 e. The maximum absolute atomic E-state index is 12.5. The van der Waals surface area contributed by atoms with Crippen LogP contribution in [-0.2, 0) is 17.8 Å². The minimum atomic E-state index is -0.581. The van der Waals surface area contributed by atoms with Gasteiger partial charge in [-0.3, -0.25) is 9.59 Å². The van der Waals surface area contributed by atoms with Crippen molar-refractivity contribution < 1.29 is 9.59 Å². The minimum absolute atomic E-state index is 0.343. The van der Waals surface area contributed by atoms with Crippen LogP contribution in [0.25, 0.3) is 10.9 Å². The Morgan fingerprint density at radius 1 is 1.00 bits per heavy atom. The van der Waals surface area contributed by atoms with Crippen LogP contribution in [0.1, 0.15) is 34.1 Å². The van der Waals surface area contributed by atoms with Crippen LogP contribution in [0.3, 0.4) is 0 Å². The highest BCUT2D eigenvalue weighted by molar-refractivity contribution is 6.45. The van der Waals surface area contributed by atoms with E-state index in [0.717, 1.165) is 22.9 Å². The molecule has 0 fully saturated rings. The number of hydrogen-bond acceptors (Lipinski definition) is 2. The Labute approximate surface area is 140 Å². The second-order valence-corrected chi connectivity index (χ2v) is 5.85. The zero-order valence-corrected chi connectivity index (χ0v) is 13.8. The fourth-order valence-corrected chi connectivity index (χ4v) is 2.84. The fraction of sp³-hybridized carbons (Fsp3) is 0.200. The van der Waals surface area contributed by atoms with Crippen molar-refractivity contribution in [1.29, 1.82) is 0 Å². The number of rotatable bonds is 5. The maximum Gasteiger partial charge on any atom is 0.292 e. The molecule has 24 heavy (non-hydrogen) atoms. The van der Waals surface area contributed by atoms with Gasteiger partial charge in [-0.15, -0.1) is 0 Å². The molecule has 0 aliphatic heterocycles. The lowest BCUT2D eigenvalue weighted by atomic mass is 10.1. The van der Waals surface area contributed by atoms with Crippen LogP contribution in [0.2, 0.25) is 0 Å². The zero-order valence-electron chi connectivity index (χ0n) is 13.8. The molecule has 0 radical (unpaired) electrons. The average molecular weight is 320 g/mol. The number of ketones is 1. The van der Waals surface area contributed by atoms with E-state index in [0.29, 0.717) is 17.8 Å². The lowest BCUT2D eigenvalue weighted by molar-refractivity contribution is -0.117. The van der Waals surface area contributed by atoms with E-state index in [9.17, 15) is 9.59 Å². The molecule has 0 aliphatic carbocycles.